The van der Waals surface area contributed by atoms with Gasteiger partial charge in [0.1, 0.15) is 0 Å². The van der Waals surface area contributed by atoms with E-state index in [1.54, 1.807) is 16.8 Å². The monoisotopic (exact) mass is 345 g/mol. The normalized spacial score (nSPS) is 10.3. The molecule has 3 N–H and O–H groups in total. The molecule has 0 aromatic carbocycles. The summed E-state index contributed by atoms with van der Waals surface area (Å²) in [7, 11) is 0. The van der Waals surface area contributed by atoms with E-state index in [9.17, 15) is 9.59 Å². The van der Waals surface area contributed by atoms with Gasteiger partial charge in [0, 0.05) is 10.8 Å². The second-order valence-electron chi connectivity index (χ2n) is 3.38. The van der Waals surface area contributed by atoms with Crippen molar-refractivity contribution in [2.75, 3.05) is 5.32 Å². The number of thiophene rings is 1. The summed E-state index contributed by atoms with van der Waals surface area (Å²) in [5.41, 5.74) is 6.20. The van der Waals surface area contributed by atoms with Gasteiger partial charge < -0.3 is 5.73 Å². The van der Waals surface area contributed by atoms with Crippen LogP contribution in [0, 0.1) is 0 Å². The Morgan fingerprint density at radius 1 is 1.39 bits per heavy atom. The lowest BCUT2D eigenvalue weighted by Crippen LogP contribution is -2.14. The van der Waals surface area contributed by atoms with Gasteiger partial charge in [0.25, 0.3) is 5.91 Å². The minimum absolute atomic E-state index is 0.0797. The first-order chi connectivity index (χ1) is 8.54. The second-order valence-corrected chi connectivity index (χ2v) is 6.53. The Bertz CT molecular complexity index is 593. The zero-order valence-corrected chi connectivity index (χ0v) is 12.2. The summed E-state index contributed by atoms with van der Waals surface area (Å²) in [5, 5.41) is 6.57. The van der Waals surface area contributed by atoms with Crippen molar-refractivity contribution in [3.63, 3.8) is 0 Å². The zero-order valence-electron chi connectivity index (χ0n) is 8.97. The highest BCUT2D eigenvalue weighted by Crippen LogP contribution is 2.22. The minimum atomic E-state index is -0.444. The SMILES string of the molecule is NC(=O)Cc1csc(NC(=O)c2csc(Br)c2)n1. The van der Waals surface area contributed by atoms with Gasteiger partial charge in [-0.15, -0.1) is 22.7 Å². The fraction of sp³-hybridized carbons (Fsp3) is 0.100. The van der Waals surface area contributed by atoms with E-state index in [-0.39, 0.29) is 12.3 Å². The molecule has 2 heterocycles. The molecule has 5 nitrogen and oxygen atoms in total. The van der Waals surface area contributed by atoms with E-state index in [1.165, 1.54) is 22.7 Å². The fourth-order valence-corrected chi connectivity index (χ4v) is 3.06. The summed E-state index contributed by atoms with van der Waals surface area (Å²) in [4.78, 5) is 26.6. The van der Waals surface area contributed by atoms with E-state index < -0.39 is 5.91 Å². The first-order valence-electron chi connectivity index (χ1n) is 4.82. The van der Waals surface area contributed by atoms with Gasteiger partial charge in [-0.1, -0.05) is 0 Å². The molecule has 0 aliphatic heterocycles. The molecular weight excluding hydrogens is 338 g/mol. The summed E-state index contributed by atoms with van der Waals surface area (Å²) in [6, 6.07) is 1.73. The van der Waals surface area contributed by atoms with Crippen molar-refractivity contribution in [3.8, 4) is 0 Å². The predicted molar refractivity (Wildman–Crippen MR) is 75.0 cm³/mol. The van der Waals surface area contributed by atoms with Crippen molar-refractivity contribution in [1.29, 1.82) is 0 Å². The maximum absolute atomic E-state index is 11.8. The average Bonchev–Trinajstić information content (AvgIpc) is 2.87. The van der Waals surface area contributed by atoms with Crippen molar-refractivity contribution in [2.45, 2.75) is 6.42 Å². The van der Waals surface area contributed by atoms with E-state index in [0.717, 1.165) is 3.79 Å². The molecule has 0 aliphatic carbocycles. The van der Waals surface area contributed by atoms with Crippen molar-refractivity contribution in [1.82, 2.24) is 4.98 Å². The van der Waals surface area contributed by atoms with Crippen molar-refractivity contribution in [2.24, 2.45) is 5.73 Å². The number of nitrogens with zero attached hydrogens (tertiary/aromatic N) is 1. The molecule has 94 valence electrons. The van der Waals surface area contributed by atoms with Crippen LogP contribution in [0.25, 0.3) is 0 Å². The van der Waals surface area contributed by atoms with Crippen molar-refractivity contribution >= 4 is 55.5 Å². The molecule has 8 heteroatoms. The summed E-state index contributed by atoms with van der Waals surface area (Å²) in [5.74, 6) is -0.670. The molecule has 18 heavy (non-hydrogen) atoms. The Balaban J connectivity index is 2.03. The molecule has 0 radical (unpaired) electrons. The summed E-state index contributed by atoms with van der Waals surface area (Å²) < 4.78 is 0.890. The molecule has 0 bridgehead atoms. The Labute approximate surface area is 119 Å². The van der Waals surface area contributed by atoms with E-state index in [2.05, 4.69) is 26.2 Å². The van der Waals surface area contributed by atoms with Gasteiger partial charge in [0.05, 0.1) is 21.5 Å². The quantitative estimate of drug-likeness (QED) is 0.890. The number of nitrogens with one attached hydrogen (secondary N) is 1. The Morgan fingerprint density at radius 3 is 2.78 bits per heavy atom. The molecule has 0 atom stereocenters. The highest BCUT2D eigenvalue weighted by atomic mass is 79.9. The average molecular weight is 346 g/mol. The number of carbonyl (C=O) groups excluding carboxylic acids is 2. The third kappa shape index (κ3) is 3.37. The molecule has 0 fully saturated rings. The lowest BCUT2D eigenvalue weighted by atomic mass is 10.3. The van der Waals surface area contributed by atoms with Gasteiger partial charge in [-0.05, 0) is 22.0 Å². The van der Waals surface area contributed by atoms with Crippen LogP contribution in [0.15, 0.2) is 20.6 Å². The number of anilines is 1. The zero-order chi connectivity index (χ0) is 13.1. The third-order valence-electron chi connectivity index (χ3n) is 1.96. The van der Waals surface area contributed by atoms with Gasteiger partial charge in [-0.2, -0.15) is 0 Å². The van der Waals surface area contributed by atoms with Gasteiger partial charge >= 0.3 is 0 Å². The second kappa shape index (κ2) is 5.59. The molecule has 2 aromatic heterocycles. The van der Waals surface area contributed by atoms with Gasteiger partial charge in [0.15, 0.2) is 5.13 Å². The number of rotatable bonds is 4. The lowest BCUT2D eigenvalue weighted by molar-refractivity contribution is -0.117. The van der Waals surface area contributed by atoms with Crippen LogP contribution in [-0.4, -0.2) is 16.8 Å². The first kappa shape index (κ1) is 13.2. The van der Waals surface area contributed by atoms with Crippen LogP contribution in [0.5, 0.6) is 0 Å². The van der Waals surface area contributed by atoms with Crippen LogP contribution in [0.3, 0.4) is 0 Å². The van der Waals surface area contributed by atoms with Gasteiger partial charge in [0.2, 0.25) is 5.91 Å². The maximum atomic E-state index is 11.8. The van der Waals surface area contributed by atoms with E-state index in [0.29, 0.717) is 16.4 Å². The van der Waals surface area contributed by atoms with E-state index in [4.69, 9.17) is 5.73 Å². The van der Waals surface area contributed by atoms with Crippen LogP contribution in [0.2, 0.25) is 0 Å². The molecule has 0 spiro atoms. The van der Waals surface area contributed by atoms with Crippen molar-refractivity contribution < 1.29 is 9.59 Å². The molecule has 2 rings (SSSR count). The topological polar surface area (TPSA) is 85.1 Å². The Hall–Kier alpha value is -1.25. The molecule has 2 amide bonds. The fourth-order valence-electron chi connectivity index (χ4n) is 1.22. The van der Waals surface area contributed by atoms with Gasteiger partial charge in [-0.3, -0.25) is 14.9 Å². The van der Waals surface area contributed by atoms with E-state index >= 15 is 0 Å². The third-order valence-corrected chi connectivity index (χ3v) is 4.27. The largest absolute Gasteiger partial charge is 0.369 e. The number of aromatic nitrogens is 1. The standard InChI is InChI=1S/C10H8BrN3O2S2/c11-7-1-5(3-17-7)9(16)14-10-13-6(4-18-10)2-8(12)15/h1,3-4H,2H2,(H2,12,15)(H,13,14,16). The highest BCUT2D eigenvalue weighted by molar-refractivity contribution is 9.11. The summed E-state index contributed by atoms with van der Waals surface area (Å²) in [6.07, 6.45) is 0.0797. The molecular formula is C10H8BrN3O2S2. The number of halogens is 1. The Morgan fingerprint density at radius 2 is 2.17 bits per heavy atom. The number of amides is 2. The first-order valence-corrected chi connectivity index (χ1v) is 7.38. The number of carbonyl (C=O) groups is 2. The summed E-state index contributed by atoms with van der Waals surface area (Å²) in [6.45, 7) is 0. The molecule has 0 saturated heterocycles. The summed E-state index contributed by atoms with van der Waals surface area (Å²) >= 11 is 5.99. The van der Waals surface area contributed by atoms with E-state index in [1.807, 2.05) is 0 Å². The highest BCUT2D eigenvalue weighted by Gasteiger charge is 2.11. The van der Waals surface area contributed by atoms with Crippen LogP contribution in [0.4, 0.5) is 5.13 Å². The van der Waals surface area contributed by atoms with Crippen molar-refractivity contribution in [3.05, 3.63) is 31.9 Å². The maximum Gasteiger partial charge on any atom is 0.258 e. The predicted octanol–water partition coefficient (Wildman–Crippen LogP) is 2.25. The number of primary amides is 1. The molecule has 2 aromatic rings. The van der Waals surface area contributed by atoms with Crippen LogP contribution in [-0.2, 0) is 11.2 Å². The lowest BCUT2D eigenvalue weighted by Gasteiger charge is -1.97. The van der Waals surface area contributed by atoms with Crippen LogP contribution in [0.1, 0.15) is 16.1 Å². The number of hydrogen-bond acceptors (Lipinski definition) is 5. The minimum Gasteiger partial charge on any atom is -0.369 e. The number of hydrogen-bond donors (Lipinski definition) is 2. The number of thiazole rings is 1. The smallest absolute Gasteiger partial charge is 0.258 e. The molecule has 0 saturated carbocycles. The van der Waals surface area contributed by atoms with Gasteiger partial charge in [-0.25, -0.2) is 4.98 Å². The molecule has 0 unspecified atom stereocenters. The number of nitrogens with two attached hydrogens (primary N) is 1. The van der Waals surface area contributed by atoms with Crippen LogP contribution >= 0.6 is 38.6 Å². The molecule has 0 aliphatic rings. The van der Waals surface area contributed by atoms with Crippen LogP contribution < -0.4 is 11.1 Å². The Kier molecular flexibility index (Phi) is 4.10.